The van der Waals surface area contributed by atoms with Crippen molar-refractivity contribution in [1.82, 2.24) is 4.90 Å². The van der Waals surface area contributed by atoms with E-state index in [1.165, 1.54) is 12.1 Å². The fourth-order valence-corrected chi connectivity index (χ4v) is 3.89. The monoisotopic (exact) mass is 362 g/mol. The van der Waals surface area contributed by atoms with Crippen LogP contribution in [-0.2, 0) is 4.79 Å². The summed E-state index contributed by atoms with van der Waals surface area (Å²) < 4.78 is 0. The molecule has 27 heavy (non-hydrogen) atoms. The number of likely N-dealkylation sites (N-methyl/N-ethyl adjacent to an activating group) is 1. The Bertz CT molecular complexity index is 886. The summed E-state index contributed by atoms with van der Waals surface area (Å²) in [5.41, 5.74) is 5.87. The molecule has 1 saturated heterocycles. The lowest BCUT2D eigenvalue weighted by Crippen LogP contribution is -2.31. The second-order valence-electron chi connectivity index (χ2n) is 7.55. The highest BCUT2D eigenvalue weighted by atomic mass is 16.2. The Morgan fingerprint density at radius 1 is 1.19 bits per heavy atom. The molecule has 0 spiro atoms. The average Bonchev–Trinajstić information content (AvgIpc) is 3.26. The molecule has 0 radical (unpaired) electrons. The van der Waals surface area contributed by atoms with E-state index in [0.29, 0.717) is 11.6 Å². The summed E-state index contributed by atoms with van der Waals surface area (Å²) in [7, 11) is 4.29. The standard InChI is InChI=1S/C22H26N4O/c1-15-5-4-6-20-21(15)19(22(27)24-20)13-23-16-7-9-17(10-8-16)26-12-11-18(14-26)25(2)3/h4-10,13,18,23H,11-12,14H2,1-3H3,(H,24,27). The predicted octanol–water partition coefficient (Wildman–Crippen LogP) is 3.54. The van der Waals surface area contributed by atoms with Gasteiger partial charge >= 0.3 is 0 Å². The molecular formula is C22H26N4O. The van der Waals surface area contributed by atoms with E-state index in [4.69, 9.17) is 0 Å². The van der Waals surface area contributed by atoms with E-state index in [1.54, 1.807) is 6.20 Å². The number of fused-ring (bicyclic) bond motifs is 1. The van der Waals surface area contributed by atoms with Crippen LogP contribution in [0.5, 0.6) is 0 Å². The molecule has 140 valence electrons. The largest absolute Gasteiger partial charge is 0.370 e. The van der Waals surface area contributed by atoms with Crippen molar-refractivity contribution in [2.75, 3.05) is 42.7 Å². The Kier molecular flexibility index (Phi) is 4.62. The maximum absolute atomic E-state index is 12.3. The molecule has 0 aromatic heterocycles. The van der Waals surface area contributed by atoms with Gasteiger partial charge in [0.2, 0.25) is 0 Å². The summed E-state index contributed by atoms with van der Waals surface area (Å²) in [6.07, 6.45) is 3.01. The minimum absolute atomic E-state index is 0.0600. The summed E-state index contributed by atoms with van der Waals surface area (Å²) in [4.78, 5) is 17.0. The molecule has 5 nitrogen and oxygen atoms in total. The van der Waals surface area contributed by atoms with Gasteiger partial charge in [-0.15, -0.1) is 0 Å². The first-order valence-electron chi connectivity index (χ1n) is 9.42. The Balaban J connectivity index is 1.47. The zero-order valence-electron chi connectivity index (χ0n) is 16.1. The van der Waals surface area contributed by atoms with Crippen molar-refractivity contribution in [3.8, 4) is 0 Å². The van der Waals surface area contributed by atoms with Gasteiger partial charge in [-0.05, 0) is 63.3 Å². The van der Waals surface area contributed by atoms with Crippen molar-refractivity contribution in [3.63, 3.8) is 0 Å². The van der Waals surface area contributed by atoms with Gasteiger partial charge in [-0.1, -0.05) is 12.1 Å². The van der Waals surface area contributed by atoms with Gasteiger partial charge in [0, 0.05) is 48.0 Å². The van der Waals surface area contributed by atoms with E-state index in [9.17, 15) is 4.79 Å². The molecule has 5 heteroatoms. The molecule has 1 amide bonds. The maximum Gasteiger partial charge on any atom is 0.257 e. The van der Waals surface area contributed by atoms with E-state index in [0.717, 1.165) is 35.6 Å². The van der Waals surface area contributed by atoms with Crippen molar-refractivity contribution in [1.29, 1.82) is 0 Å². The fraction of sp³-hybridized carbons (Fsp3) is 0.318. The minimum Gasteiger partial charge on any atom is -0.370 e. The number of rotatable bonds is 4. The highest BCUT2D eigenvalue weighted by molar-refractivity contribution is 6.32. The molecule has 0 aliphatic carbocycles. The zero-order valence-corrected chi connectivity index (χ0v) is 16.1. The van der Waals surface area contributed by atoms with Gasteiger partial charge < -0.3 is 20.4 Å². The third-order valence-electron chi connectivity index (χ3n) is 5.54. The lowest BCUT2D eigenvalue weighted by atomic mass is 10.0. The van der Waals surface area contributed by atoms with E-state index >= 15 is 0 Å². The van der Waals surface area contributed by atoms with E-state index in [-0.39, 0.29) is 5.91 Å². The van der Waals surface area contributed by atoms with Crippen LogP contribution < -0.4 is 15.5 Å². The highest BCUT2D eigenvalue weighted by Crippen LogP contribution is 2.34. The maximum atomic E-state index is 12.3. The summed E-state index contributed by atoms with van der Waals surface area (Å²) in [5, 5.41) is 6.21. The SMILES string of the molecule is Cc1cccc2c1C(=CNc1ccc(N3CCC(N(C)C)C3)cc1)C(=O)N2. The molecule has 1 atom stereocenters. The third-order valence-corrected chi connectivity index (χ3v) is 5.54. The number of carbonyl (C=O) groups excluding carboxylic acids is 1. The van der Waals surface area contributed by atoms with Crippen LogP contribution in [0.25, 0.3) is 5.57 Å². The van der Waals surface area contributed by atoms with Gasteiger partial charge in [-0.25, -0.2) is 0 Å². The fourth-order valence-electron chi connectivity index (χ4n) is 3.89. The van der Waals surface area contributed by atoms with Gasteiger partial charge in [-0.2, -0.15) is 0 Å². The molecule has 2 aliphatic rings. The summed E-state index contributed by atoms with van der Waals surface area (Å²) in [5.74, 6) is -0.0600. The van der Waals surface area contributed by atoms with Crippen LogP contribution in [0.2, 0.25) is 0 Å². The Morgan fingerprint density at radius 3 is 2.67 bits per heavy atom. The van der Waals surface area contributed by atoms with Gasteiger partial charge in [0.05, 0.1) is 5.57 Å². The number of carbonyl (C=O) groups is 1. The molecule has 4 rings (SSSR count). The van der Waals surface area contributed by atoms with Crippen LogP contribution in [0, 0.1) is 6.92 Å². The van der Waals surface area contributed by atoms with Crippen molar-refractivity contribution in [2.45, 2.75) is 19.4 Å². The molecule has 0 bridgehead atoms. The number of hydrogen-bond donors (Lipinski definition) is 2. The molecule has 2 aromatic carbocycles. The smallest absolute Gasteiger partial charge is 0.257 e. The number of benzene rings is 2. The van der Waals surface area contributed by atoms with Crippen molar-refractivity contribution < 1.29 is 4.79 Å². The average molecular weight is 362 g/mol. The van der Waals surface area contributed by atoms with Gasteiger partial charge in [0.25, 0.3) is 5.91 Å². The molecule has 1 fully saturated rings. The summed E-state index contributed by atoms with van der Waals surface area (Å²) >= 11 is 0. The third kappa shape index (κ3) is 3.43. The van der Waals surface area contributed by atoms with Crippen LogP contribution in [-0.4, -0.2) is 44.0 Å². The first-order chi connectivity index (χ1) is 13.0. The van der Waals surface area contributed by atoms with Gasteiger partial charge in [0.1, 0.15) is 0 Å². The van der Waals surface area contributed by atoms with Crippen LogP contribution >= 0.6 is 0 Å². The van der Waals surface area contributed by atoms with E-state index < -0.39 is 0 Å². The molecule has 2 N–H and O–H groups in total. The number of nitrogens with zero attached hydrogens (tertiary/aromatic N) is 2. The topological polar surface area (TPSA) is 47.6 Å². The van der Waals surface area contributed by atoms with Crippen LogP contribution in [0.1, 0.15) is 17.5 Å². The van der Waals surface area contributed by atoms with Crippen LogP contribution in [0.15, 0.2) is 48.7 Å². The van der Waals surface area contributed by atoms with Crippen molar-refractivity contribution in [2.24, 2.45) is 0 Å². The molecular weight excluding hydrogens is 336 g/mol. The zero-order chi connectivity index (χ0) is 19.0. The number of aryl methyl sites for hydroxylation is 1. The lowest BCUT2D eigenvalue weighted by Gasteiger charge is -2.22. The number of hydrogen-bond acceptors (Lipinski definition) is 4. The second kappa shape index (κ2) is 7.08. The molecule has 2 aliphatic heterocycles. The minimum atomic E-state index is -0.0600. The molecule has 2 heterocycles. The predicted molar refractivity (Wildman–Crippen MR) is 112 cm³/mol. The number of anilines is 3. The van der Waals surface area contributed by atoms with Crippen LogP contribution in [0.4, 0.5) is 17.1 Å². The Morgan fingerprint density at radius 2 is 1.96 bits per heavy atom. The first-order valence-corrected chi connectivity index (χ1v) is 9.42. The van der Waals surface area contributed by atoms with Gasteiger partial charge in [-0.3, -0.25) is 4.79 Å². The normalized spacial score (nSPS) is 20.3. The van der Waals surface area contributed by atoms with E-state index in [2.05, 4.69) is 58.8 Å². The first kappa shape index (κ1) is 17.6. The van der Waals surface area contributed by atoms with Gasteiger partial charge in [0.15, 0.2) is 0 Å². The van der Waals surface area contributed by atoms with Crippen LogP contribution in [0.3, 0.4) is 0 Å². The van der Waals surface area contributed by atoms with Crippen molar-refractivity contribution >= 4 is 28.5 Å². The number of amides is 1. The highest BCUT2D eigenvalue weighted by Gasteiger charge is 2.26. The quantitative estimate of drug-likeness (QED) is 0.817. The number of nitrogens with one attached hydrogen (secondary N) is 2. The lowest BCUT2D eigenvalue weighted by molar-refractivity contribution is -0.110. The Hall–Kier alpha value is -2.79. The van der Waals surface area contributed by atoms with Crippen molar-refractivity contribution in [3.05, 3.63) is 59.8 Å². The Labute approximate surface area is 160 Å². The summed E-state index contributed by atoms with van der Waals surface area (Å²) in [6, 6.07) is 15.0. The molecule has 1 unspecified atom stereocenters. The summed E-state index contributed by atoms with van der Waals surface area (Å²) in [6.45, 7) is 4.19. The molecule has 0 saturated carbocycles. The molecule has 2 aromatic rings. The second-order valence-corrected chi connectivity index (χ2v) is 7.55. The van der Waals surface area contributed by atoms with E-state index in [1.807, 2.05) is 25.1 Å².